The van der Waals surface area contributed by atoms with Gasteiger partial charge in [0.2, 0.25) is 5.78 Å². The summed E-state index contributed by atoms with van der Waals surface area (Å²) in [5.74, 6) is -0.507. The number of fused-ring (bicyclic) bond motifs is 1. The molecule has 1 aliphatic carbocycles. The molecule has 1 aromatic carbocycles. The van der Waals surface area contributed by atoms with E-state index in [1.54, 1.807) is 24.3 Å². The molecular formula is C10H7NO2. The van der Waals surface area contributed by atoms with Crippen molar-refractivity contribution in [2.45, 2.75) is 0 Å². The van der Waals surface area contributed by atoms with Crippen LogP contribution in [-0.4, -0.2) is 16.6 Å². The standard InChI is InChI=1S/C10H7NO2/c11-10-7-4-2-1-3-6(7)8(12)5-9(10)13/h1-5,11-12H. The van der Waals surface area contributed by atoms with Crippen LogP contribution in [0.1, 0.15) is 11.1 Å². The first-order chi connectivity index (χ1) is 6.20. The highest BCUT2D eigenvalue weighted by Gasteiger charge is 2.21. The highest BCUT2D eigenvalue weighted by Crippen LogP contribution is 2.22. The Labute approximate surface area is 74.8 Å². The Balaban J connectivity index is 2.72. The summed E-state index contributed by atoms with van der Waals surface area (Å²) in [6.07, 6.45) is 1.07. The molecule has 64 valence electrons. The lowest BCUT2D eigenvalue weighted by molar-refractivity contribution is -0.108. The summed E-state index contributed by atoms with van der Waals surface area (Å²) < 4.78 is 0. The summed E-state index contributed by atoms with van der Waals surface area (Å²) >= 11 is 0. The third kappa shape index (κ3) is 1.05. The summed E-state index contributed by atoms with van der Waals surface area (Å²) in [5, 5.41) is 16.9. The first-order valence-electron chi connectivity index (χ1n) is 3.83. The van der Waals surface area contributed by atoms with Gasteiger partial charge < -0.3 is 5.11 Å². The van der Waals surface area contributed by atoms with Crippen LogP contribution in [0, 0.1) is 5.41 Å². The third-order valence-corrected chi connectivity index (χ3v) is 1.99. The van der Waals surface area contributed by atoms with Crippen molar-refractivity contribution in [1.29, 1.82) is 5.41 Å². The van der Waals surface area contributed by atoms with Crippen molar-refractivity contribution in [3.63, 3.8) is 0 Å². The molecule has 0 bridgehead atoms. The Kier molecular flexibility index (Phi) is 1.52. The number of carbonyl (C=O) groups is 1. The van der Waals surface area contributed by atoms with Crippen LogP contribution in [0.25, 0.3) is 5.76 Å². The summed E-state index contributed by atoms with van der Waals surface area (Å²) in [6.45, 7) is 0. The quantitative estimate of drug-likeness (QED) is 0.625. The fourth-order valence-corrected chi connectivity index (χ4v) is 1.33. The zero-order valence-corrected chi connectivity index (χ0v) is 6.74. The van der Waals surface area contributed by atoms with Crippen LogP contribution < -0.4 is 0 Å². The molecule has 0 saturated carbocycles. The lowest BCUT2D eigenvalue weighted by Gasteiger charge is -2.12. The molecule has 0 unspecified atom stereocenters. The topological polar surface area (TPSA) is 61.2 Å². The Morgan fingerprint density at radius 3 is 2.46 bits per heavy atom. The molecule has 0 saturated heterocycles. The lowest BCUT2D eigenvalue weighted by atomic mass is 9.93. The normalized spacial score (nSPS) is 15.2. The van der Waals surface area contributed by atoms with Gasteiger partial charge >= 0.3 is 0 Å². The van der Waals surface area contributed by atoms with Gasteiger partial charge in [-0.15, -0.1) is 0 Å². The first-order valence-corrected chi connectivity index (χ1v) is 3.83. The Morgan fingerprint density at radius 1 is 1.15 bits per heavy atom. The molecule has 0 atom stereocenters. The number of aliphatic hydroxyl groups is 1. The van der Waals surface area contributed by atoms with Crippen molar-refractivity contribution in [2.24, 2.45) is 0 Å². The van der Waals surface area contributed by atoms with Crippen molar-refractivity contribution in [2.75, 3.05) is 0 Å². The average Bonchev–Trinajstić information content (AvgIpc) is 2.15. The van der Waals surface area contributed by atoms with E-state index >= 15 is 0 Å². The minimum Gasteiger partial charge on any atom is -0.507 e. The number of aliphatic hydroxyl groups excluding tert-OH is 1. The van der Waals surface area contributed by atoms with Crippen LogP contribution in [0.15, 0.2) is 30.3 Å². The molecule has 0 radical (unpaired) electrons. The molecule has 2 rings (SSSR count). The summed E-state index contributed by atoms with van der Waals surface area (Å²) in [7, 11) is 0. The number of hydrogen-bond acceptors (Lipinski definition) is 3. The molecule has 0 amide bonds. The highest BCUT2D eigenvalue weighted by atomic mass is 16.3. The summed E-state index contributed by atoms with van der Waals surface area (Å²) in [6, 6.07) is 6.83. The summed E-state index contributed by atoms with van der Waals surface area (Å²) in [4.78, 5) is 11.1. The van der Waals surface area contributed by atoms with Crippen LogP contribution in [0.5, 0.6) is 0 Å². The molecule has 1 aliphatic rings. The van der Waals surface area contributed by atoms with Crippen LogP contribution in [-0.2, 0) is 4.79 Å². The Morgan fingerprint density at radius 2 is 1.77 bits per heavy atom. The SMILES string of the molecule is N=C1C(=O)C=C(O)c2ccccc21. The van der Waals surface area contributed by atoms with Crippen molar-refractivity contribution < 1.29 is 9.90 Å². The van der Waals surface area contributed by atoms with Crippen molar-refractivity contribution in [1.82, 2.24) is 0 Å². The van der Waals surface area contributed by atoms with E-state index < -0.39 is 5.78 Å². The van der Waals surface area contributed by atoms with E-state index in [-0.39, 0.29) is 11.5 Å². The molecule has 0 aromatic heterocycles. The highest BCUT2D eigenvalue weighted by molar-refractivity contribution is 6.51. The van der Waals surface area contributed by atoms with E-state index in [0.29, 0.717) is 11.1 Å². The average molecular weight is 173 g/mol. The van der Waals surface area contributed by atoms with Gasteiger partial charge in [0.25, 0.3) is 0 Å². The molecule has 0 spiro atoms. The maximum atomic E-state index is 11.1. The minimum atomic E-state index is -0.448. The van der Waals surface area contributed by atoms with E-state index in [9.17, 15) is 9.90 Å². The van der Waals surface area contributed by atoms with Gasteiger partial charge in [-0.1, -0.05) is 24.3 Å². The molecule has 2 N–H and O–H groups in total. The van der Waals surface area contributed by atoms with E-state index in [2.05, 4.69) is 0 Å². The van der Waals surface area contributed by atoms with Gasteiger partial charge in [0, 0.05) is 17.2 Å². The van der Waals surface area contributed by atoms with Crippen LogP contribution >= 0.6 is 0 Å². The van der Waals surface area contributed by atoms with Crippen molar-refractivity contribution in [3.8, 4) is 0 Å². The predicted molar refractivity (Wildman–Crippen MR) is 48.9 cm³/mol. The second-order valence-corrected chi connectivity index (χ2v) is 2.81. The maximum Gasteiger partial charge on any atom is 0.207 e. The molecule has 0 aliphatic heterocycles. The fourth-order valence-electron chi connectivity index (χ4n) is 1.33. The number of carbonyl (C=O) groups excluding carboxylic acids is 1. The predicted octanol–water partition coefficient (Wildman–Crippen LogP) is 1.54. The molecule has 0 heterocycles. The fraction of sp³-hybridized carbons (Fsp3) is 0. The monoisotopic (exact) mass is 173 g/mol. The third-order valence-electron chi connectivity index (χ3n) is 1.99. The number of allylic oxidation sites excluding steroid dienone is 1. The van der Waals surface area contributed by atoms with Gasteiger partial charge in [-0.05, 0) is 0 Å². The summed E-state index contributed by atoms with van der Waals surface area (Å²) in [5.41, 5.74) is 0.980. The van der Waals surface area contributed by atoms with Gasteiger partial charge in [-0.2, -0.15) is 0 Å². The van der Waals surface area contributed by atoms with Gasteiger partial charge in [-0.25, -0.2) is 0 Å². The second kappa shape index (κ2) is 2.55. The number of hydrogen-bond donors (Lipinski definition) is 2. The van der Waals surface area contributed by atoms with E-state index in [1.807, 2.05) is 0 Å². The number of rotatable bonds is 0. The molecular weight excluding hydrogens is 166 g/mol. The largest absolute Gasteiger partial charge is 0.507 e. The molecule has 13 heavy (non-hydrogen) atoms. The number of nitrogens with one attached hydrogen (secondary N) is 1. The Hall–Kier alpha value is -1.90. The zero-order chi connectivity index (χ0) is 9.42. The van der Waals surface area contributed by atoms with E-state index in [4.69, 9.17) is 5.41 Å². The molecule has 1 aromatic rings. The second-order valence-electron chi connectivity index (χ2n) is 2.81. The van der Waals surface area contributed by atoms with Crippen LogP contribution in [0.2, 0.25) is 0 Å². The molecule has 3 heteroatoms. The van der Waals surface area contributed by atoms with Gasteiger partial charge in [0.15, 0.2) is 0 Å². The number of benzene rings is 1. The molecule has 3 nitrogen and oxygen atoms in total. The minimum absolute atomic E-state index is 0.0587. The smallest absolute Gasteiger partial charge is 0.207 e. The van der Waals surface area contributed by atoms with Gasteiger partial charge in [0.1, 0.15) is 11.5 Å². The van der Waals surface area contributed by atoms with E-state index in [1.165, 1.54) is 0 Å². The molecule has 0 fully saturated rings. The van der Waals surface area contributed by atoms with Gasteiger partial charge in [0.05, 0.1) is 0 Å². The lowest BCUT2D eigenvalue weighted by Crippen LogP contribution is -2.18. The first kappa shape index (κ1) is 7.73. The zero-order valence-electron chi connectivity index (χ0n) is 6.74. The van der Waals surface area contributed by atoms with Crippen LogP contribution in [0.3, 0.4) is 0 Å². The van der Waals surface area contributed by atoms with Gasteiger partial charge in [-0.3, -0.25) is 10.2 Å². The number of ketones is 1. The van der Waals surface area contributed by atoms with Crippen molar-refractivity contribution >= 4 is 17.3 Å². The Bertz CT molecular complexity index is 432. The maximum absolute atomic E-state index is 11.1. The van der Waals surface area contributed by atoms with Crippen LogP contribution in [0.4, 0.5) is 0 Å². The van der Waals surface area contributed by atoms with E-state index in [0.717, 1.165) is 6.08 Å². The van der Waals surface area contributed by atoms with Crippen molar-refractivity contribution in [3.05, 3.63) is 41.5 Å².